The second-order valence-corrected chi connectivity index (χ2v) is 4.32. The van der Waals surface area contributed by atoms with Gasteiger partial charge in [-0.2, -0.15) is 0 Å². The SMILES string of the molecule is CN(Cc1ccccc1F)C(=O)NCCC(O)C(=O)O. The molecule has 0 aliphatic rings. The first-order valence-electron chi connectivity index (χ1n) is 6.05. The molecule has 1 aromatic carbocycles. The third kappa shape index (κ3) is 4.85. The molecule has 0 fully saturated rings. The van der Waals surface area contributed by atoms with Crippen LogP contribution in [0, 0.1) is 5.82 Å². The van der Waals surface area contributed by atoms with Gasteiger partial charge in [0.2, 0.25) is 0 Å². The highest BCUT2D eigenvalue weighted by Crippen LogP contribution is 2.08. The molecule has 0 heterocycles. The van der Waals surface area contributed by atoms with Crippen LogP contribution in [0.25, 0.3) is 0 Å². The van der Waals surface area contributed by atoms with Crippen molar-refractivity contribution in [3.8, 4) is 0 Å². The quantitative estimate of drug-likeness (QED) is 0.721. The lowest BCUT2D eigenvalue weighted by Crippen LogP contribution is -2.38. The molecule has 110 valence electrons. The van der Waals surface area contributed by atoms with Gasteiger partial charge in [0.05, 0.1) is 0 Å². The van der Waals surface area contributed by atoms with Gasteiger partial charge in [-0.25, -0.2) is 14.0 Å². The van der Waals surface area contributed by atoms with E-state index in [1.807, 2.05) is 0 Å². The van der Waals surface area contributed by atoms with Gasteiger partial charge in [-0.1, -0.05) is 18.2 Å². The maximum atomic E-state index is 13.4. The first kappa shape index (κ1) is 15.9. The molecule has 0 saturated carbocycles. The lowest BCUT2D eigenvalue weighted by Gasteiger charge is -2.18. The van der Waals surface area contributed by atoms with Crippen molar-refractivity contribution in [1.82, 2.24) is 10.2 Å². The van der Waals surface area contributed by atoms with Crippen molar-refractivity contribution in [1.29, 1.82) is 0 Å². The Hall–Kier alpha value is -2.15. The van der Waals surface area contributed by atoms with Crippen molar-refractivity contribution < 1.29 is 24.2 Å². The van der Waals surface area contributed by atoms with Crippen LogP contribution < -0.4 is 5.32 Å². The fourth-order valence-corrected chi connectivity index (χ4v) is 1.53. The molecule has 6 nitrogen and oxygen atoms in total. The molecule has 0 saturated heterocycles. The van der Waals surface area contributed by atoms with Crippen molar-refractivity contribution in [2.75, 3.05) is 13.6 Å². The summed E-state index contributed by atoms with van der Waals surface area (Å²) < 4.78 is 13.4. The summed E-state index contributed by atoms with van der Waals surface area (Å²) in [6, 6.07) is 5.66. The number of nitrogens with one attached hydrogen (secondary N) is 1. The van der Waals surface area contributed by atoms with Gasteiger partial charge in [-0.3, -0.25) is 0 Å². The zero-order valence-corrected chi connectivity index (χ0v) is 11.0. The Balaban J connectivity index is 2.40. The number of amides is 2. The second kappa shape index (κ2) is 7.44. The minimum absolute atomic E-state index is 0.0217. The summed E-state index contributed by atoms with van der Waals surface area (Å²) in [7, 11) is 1.50. The summed E-state index contributed by atoms with van der Waals surface area (Å²) in [5.74, 6) is -1.73. The summed E-state index contributed by atoms with van der Waals surface area (Å²) in [5, 5.41) is 20.0. The van der Waals surface area contributed by atoms with Crippen LogP contribution in [0.1, 0.15) is 12.0 Å². The second-order valence-electron chi connectivity index (χ2n) is 4.32. The first-order valence-corrected chi connectivity index (χ1v) is 6.05. The van der Waals surface area contributed by atoms with Crippen molar-refractivity contribution in [2.24, 2.45) is 0 Å². The largest absolute Gasteiger partial charge is 0.479 e. The van der Waals surface area contributed by atoms with Crippen molar-refractivity contribution in [2.45, 2.75) is 19.1 Å². The number of carboxylic acid groups (broad SMARTS) is 1. The lowest BCUT2D eigenvalue weighted by atomic mass is 10.2. The van der Waals surface area contributed by atoms with Gasteiger partial charge in [0.1, 0.15) is 5.82 Å². The number of halogens is 1. The topological polar surface area (TPSA) is 89.9 Å². The Morgan fingerprint density at radius 2 is 2.05 bits per heavy atom. The van der Waals surface area contributed by atoms with E-state index in [2.05, 4.69) is 5.32 Å². The van der Waals surface area contributed by atoms with Gasteiger partial charge in [-0.15, -0.1) is 0 Å². The van der Waals surface area contributed by atoms with E-state index in [0.29, 0.717) is 5.56 Å². The van der Waals surface area contributed by atoms with E-state index < -0.39 is 23.9 Å². The highest BCUT2D eigenvalue weighted by molar-refractivity contribution is 5.74. The van der Waals surface area contributed by atoms with Crippen LogP contribution in [-0.4, -0.2) is 46.8 Å². The van der Waals surface area contributed by atoms with Crippen LogP contribution in [-0.2, 0) is 11.3 Å². The molecule has 0 spiro atoms. The highest BCUT2D eigenvalue weighted by Gasteiger charge is 2.14. The number of urea groups is 1. The van der Waals surface area contributed by atoms with Crippen molar-refractivity contribution >= 4 is 12.0 Å². The van der Waals surface area contributed by atoms with Crippen LogP contribution in [0.5, 0.6) is 0 Å². The van der Waals surface area contributed by atoms with Crippen LogP contribution in [0.3, 0.4) is 0 Å². The van der Waals surface area contributed by atoms with E-state index in [-0.39, 0.29) is 19.5 Å². The third-order valence-corrected chi connectivity index (χ3v) is 2.69. The fraction of sp³-hybridized carbons (Fsp3) is 0.385. The number of aliphatic carboxylic acids is 1. The minimum Gasteiger partial charge on any atom is -0.479 e. The minimum atomic E-state index is -1.51. The maximum Gasteiger partial charge on any atom is 0.332 e. The Kier molecular flexibility index (Phi) is 5.92. The van der Waals surface area contributed by atoms with E-state index in [9.17, 15) is 14.0 Å². The number of aliphatic hydroxyl groups excluding tert-OH is 1. The number of rotatable bonds is 6. The number of hydrogen-bond acceptors (Lipinski definition) is 3. The molecule has 1 aromatic rings. The Morgan fingerprint density at radius 1 is 1.40 bits per heavy atom. The van der Waals surface area contributed by atoms with E-state index in [0.717, 1.165) is 0 Å². The average Bonchev–Trinajstić information content (AvgIpc) is 2.40. The van der Waals surface area contributed by atoms with Crippen molar-refractivity contribution in [3.63, 3.8) is 0 Å². The van der Waals surface area contributed by atoms with E-state index in [4.69, 9.17) is 10.2 Å². The fourth-order valence-electron chi connectivity index (χ4n) is 1.53. The smallest absolute Gasteiger partial charge is 0.332 e. The number of carbonyl (C=O) groups excluding carboxylic acids is 1. The van der Waals surface area contributed by atoms with Crippen LogP contribution in [0.4, 0.5) is 9.18 Å². The molecule has 1 atom stereocenters. The molecular weight excluding hydrogens is 267 g/mol. The highest BCUT2D eigenvalue weighted by atomic mass is 19.1. The Labute approximate surface area is 115 Å². The molecule has 0 radical (unpaired) electrons. The number of aliphatic hydroxyl groups is 1. The predicted octanol–water partition coefficient (Wildman–Crippen LogP) is 0.803. The standard InChI is InChI=1S/C13H17FN2O4/c1-16(8-9-4-2-3-5-10(9)14)13(20)15-7-6-11(17)12(18)19/h2-5,11,17H,6-8H2,1H3,(H,15,20)(H,18,19). The number of benzene rings is 1. The number of carbonyl (C=O) groups is 2. The zero-order chi connectivity index (χ0) is 15.1. The van der Waals surface area contributed by atoms with Crippen molar-refractivity contribution in [3.05, 3.63) is 35.6 Å². The van der Waals surface area contributed by atoms with Gasteiger partial charge in [0, 0.05) is 32.1 Å². The van der Waals surface area contributed by atoms with Gasteiger partial charge in [0.15, 0.2) is 6.10 Å². The van der Waals surface area contributed by atoms with E-state index >= 15 is 0 Å². The van der Waals surface area contributed by atoms with Crippen LogP contribution in [0.2, 0.25) is 0 Å². The summed E-state index contributed by atoms with van der Waals surface area (Å²) in [6.07, 6.45) is -1.60. The summed E-state index contributed by atoms with van der Waals surface area (Å²) in [5.41, 5.74) is 0.385. The van der Waals surface area contributed by atoms with Gasteiger partial charge >= 0.3 is 12.0 Å². The molecule has 3 N–H and O–H groups in total. The molecule has 0 aliphatic heterocycles. The zero-order valence-electron chi connectivity index (χ0n) is 11.0. The molecule has 0 aliphatic carbocycles. The predicted molar refractivity (Wildman–Crippen MR) is 69.5 cm³/mol. The lowest BCUT2D eigenvalue weighted by molar-refractivity contribution is -0.146. The molecular formula is C13H17FN2O4. The van der Waals surface area contributed by atoms with Gasteiger partial charge in [0.25, 0.3) is 0 Å². The summed E-state index contributed by atoms with van der Waals surface area (Å²) in [6.45, 7) is 0.119. The third-order valence-electron chi connectivity index (χ3n) is 2.69. The summed E-state index contributed by atoms with van der Waals surface area (Å²) >= 11 is 0. The normalized spacial score (nSPS) is 11.8. The molecule has 20 heavy (non-hydrogen) atoms. The number of nitrogens with zero attached hydrogens (tertiary/aromatic N) is 1. The van der Waals surface area contributed by atoms with Gasteiger partial charge in [-0.05, 0) is 6.07 Å². The molecule has 1 rings (SSSR count). The number of hydrogen-bond donors (Lipinski definition) is 3. The molecule has 2 amide bonds. The maximum absolute atomic E-state index is 13.4. The average molecular weight is 284 g/mol. The van der Waals surface area contributed by atoms with Crippen LogP contribution >= 0.6 is 0 Å². The molecule has 7 heteroatoms. The van der Waals surface area contributed by atoms with Gasteiger partial charge < -0.3 is 20.4 Å². The summed E-state index contributed by atoms with van der Waals surface area (Å²) in [4.78, 5) is 23.3. The van der Waals surface area contributed by atoms with E-state index in [1.165, 1.54) is 18.0 Å². The number of carboxylic acids is 1. The first-order chi connectivity index (χ1) is 9.41. The van der Waals surface area contributed by atoms with E-state index in [1.54, 1.807) is 18.2 Å². The molecule has 1 unspecified atom stereocenters. The monoisotopic (exact) mass is 284 g/mol. The Morgan fingerprint density at radius 3 is 2.65 bits per heavy atom. The molecule has 0 aromatic heterocycles. The Bertz CT molecular complexity index is 481. The molecule has 0 bridgehead atoms. The van der Waals surface area contributed by atoms with Crippen LogP contribution in [0.15, 0.2) is 24.3 Å².